The molecule has 0 atom stereocenters. The topological polar surface area (TPSA) is 29.1 Å². The van der Waals surface area contributed by atoms with Gasteiger partial charge in [0.05, 0.1) is 16.3 Å². The Bertz CT molecular complexity index is 643. The van der Waals surface area contributed by atoms with Gasteiger partial charge in [-0.3, -0.25) is 4.79 Å². The first-order valence-corrected chi connectivity index (χ1v) is 7.46. The fraction of sp³-hybridized carbons (Fsp3) is 0.0714. The molecule has 5 heteroatoms. The van der Waals surface area contributed by atoms with Gasteiger partial charge >= 0.3 is 0 Å². The van der Waals surface area contributed by atoms with Crippen molar-refractivity contribution >= 4 is 55.1 Å². The summed E-state index contributed by atoms with van der Waals surface area (Å²) in [4.78, 5) is 12.2. The zero-order valence-corrected chi connectivity index (χ0v) is 13.9. The van der Waals surface area contributed by atoms with Gasteiger partial charge in [-0.25, -0.2) is 0 Å². The third-order valence-corrected chi connectivity index (χ3v) is 4.02. The Labute approximate surface area is 133 Å². The molecule has 0 bridgehead atoms. The summed E-state index contributed by atoms with van der Waals surface area (Å²) in [5.41, 5.74) is 2.24. The largest absolute Gasteiger partial charge is 0.321 e. The highest BCUT2D eigenvalue weighted by atomic mass is 79.9. The van der Waals surface area contributed by atoms with E-state index in [1.54, 1.807) is 18.2 Å². The quantitative estimate of drug-likeness (QED) is 0.712. The molecular formula is C14H10Br2ClNO. The molecule has 0 aliphatic heterocycles. The smallest absolute Gasteiger partial charge is 0.256 e. The number of anilines is 1. The van der Waals surface area contributed by atoms with Crippen LogP contribution in [0.2, 0.25) is 5.02 Å². The van der Waals surface area contributed by atoms with Crippen LogP contribution in [0.5, 0.6) is 0 Å². The maximum atomic E-state index is 12.2. The van der Waals surface area contributed by atoms with Gasteiger partial charge in [-0.15, -0.1) is 0 Å². The van der Waals surface area contributed by atoms with E-state index in [2.05, 4.69) is 37.2 Å². The number of rotatable bonds is 2. The lowest BCUT2D eigenvalue weighted by molar-refractivity contribution is 0.102. The number of benzene rings is 2. The lowest BCUT2D eigenvalue weighted by atomic mass is 10.1. The molecule has 1 N–H and O–H groups in total. The normalized spacial score (nSPS) is 10.3. The van der Waals surface area contributed by atoms with E-state index >= 15 is 0 Å². The van der Waals surface area contributed by atoms with Crippen LogP contribution < -0.4 is 5.32 Å². The summed E-state index contributed by atoms with van der Waals surface area (Å²) in [5, 5.41) is 3.30. The average molecular weight is 404 g/mol. The molecule has 0 saturated carbocycles. The SMILES string of the molecule is Cc1ccc(C(=O)Nc2cc(Br)ccc2Cl)c(Br)c1. The van der Waals surface area contributed by atoms with Gasteiger partial charge in [0, 0.05) is 8.95 Å². The van der Waals surface area contributed by atoms with Crippen molar-refractivity contribution in [3.8, 4) is 0 Å². The van der Waals surface area contributed by atoms with Crippen molar-refractivity contribution in [2.24, 2.45) is 0 Å². The lowest BCUT2D eigenvalue weighted by Gasteiger charge is -2.09. The fourth-order valence-corrected chi connectivity index (χ4v) is 2.79. The summed E-state index contributed by atoms with van der Waals surface area (Å²) in [6.45, 7) is 1.97. The standard InChI is InChI=1S/C14H10Br2ClNO/c1-8-2-4-10(11(16)6-8)14(19)18-13-7-9(15)3-5-12(13)17/h2-7H,1H3,(H,18,19). The second-order valence-electron chi connectivity index (χ2n) is 4.06. The number of halogens is 3. The molecule has 0 aliphatic carbocycles. The van der Waals surface area contributed by atoms with Crippen LogP contribution in [0.4, 0.5) is 5.69 Å². The van der Waals surface area contributed by atoms with Gasteiger partial charge in [0.2, 0.25) is 0 Å². The van der Waals surface area contributed by atoms with Crippen LogP contribution >= 0.6 is 43.5 Å². The highest BCUT2D eigenvalue weighted by Crippen LogP contribution is 2.27. The van der Waals surface area contributed by atoms with Crippen LogP contribution in [0, 0.1) is 6.92 Å². The van der Waals surface area contributed by atoms with Gasteiger partial charge in [-0.2, -0.15) is 0 Å². The van der Waals surface area contributed by atoms with Crippen LogP contribution in [-0.2, 0) is 0 Å². The molecule has 2 nitrogen and oxygen atoms in total. The van der Waals surface area contributed by atoms with Gasteiger partial charge in [0.15, 0.2) is 0 Å². The second kappa shape index (κ2) is 6.07. The van der Waals surface area contributed by atoms with E-state index in [1.807, 2.05) is 25.1 Å². The van der Waals surface area contributed by atoms with E-state index in [0.717, 1.165) is 14.5 Å². The molecule has 0 heterocycles. The molecule has 0 saturated heterocycles. The third-order valence-electron chi connectivity index (χ3n) is 2.55. The van der Waals surface area contributed by atoms with Crippen molar-refractivity contribution in [1.29, 1.82) is 0 Å². The molecule has 1 amide bonds. The molecule has 0 aliphatic rings. The van der Waals surface area contributed by atoms with Crippen molar-refractivity contribution in [3.05, 3.63) is 61.5 Å². The van der Waals surface area contributed by atoms with Crippen LogP contribution in [0.1, 0.15) is 15.9 Å². The molecule has 19 heavy (non-hydrogen) atoms. The van der Waals surface area contributed by atoms with E-state index in [1.165, 1.54) is 0 Å². The summed E-state index contributed by atoms with van der Waals surface area (Å²) < 4.78 is 1.62. The maximum Gasteiger partial charge on any atom is 0.256 e. The molecule has 0 aromatic heterocycles. The molecular weight excluding hydrogens is 393 g/mol. The van der Waals surface area contributed by atoms with Crippen molar-refractivity contribution in [2.75, 3.05) is 5.32 Å². The molecule has 0 unspecified atom stereocenters. The summed E-state index contributed by atoms with van der Waals surface area (Å²) in [7, 11) is 0. The fourth-order valence-electron chi connectivity index (χ4n) is 1.59. The Morgan fingerprint density at radius 2 is 1.89 bits per heavy atom. The predicted octanol–water partition coefficient (Wildman–Crippen LogP) is 5.43. The Morgan fingerprint density at radius 3 is 2.58 bits per heavy atom. The van der Waals surface area contributed by atoms with E-state index in [-0.39, 0.29) is 5.91 Å². The van der Waals surface area contributed by atoms with Crippen LogP contribution in [0.3, 0.4) is 0 Å². The Morgan fingerprint density at radius 1 is 1.16 bits per heavy atom. The number of nitrogens with one attached hydrogen (secondary N) is 1. The minimum Gasteiger partial charge on any atom is -0.321 e. The average Bonchev–Trinajstić information content (AvgIpc) is 2.33. The van der Waals surface area contributed by atoms with Gasteiger partial charge < -0.3 is 5.32 Å². The van der Waals surface area contributed by atoms with Crippen molar-refractivity contribution in [2.45, 2.75) is 6.92 Å². The summed E-state index contributed by atoms with van der Waals surface area (Å²) >= 11 is 12.8. The Kier molecular flexibility index (Phi) is 4.66. The van der Waals surface area contributed by atoms with Gasteiger partial charge in [-0.1, -0.05) is 33.6 Å². The first-order valence-electron chi connectivity index (χ1n) is 5.50. The molecule has 0 radical (unpaired) electrons. The second-order valence-corrected chi connectivity index (χ2v) is 6.24. The maximum absolute atomic E-state index is 12.2. The summed E-state index contributed by atoms with van der Waals surface area (Å²) in [6, 6.07) is 10.9. The number of hydrogen-bond acceptors (Lipinski definition) is 1. The first kappa shape index (κ1) is 14.6. The van der Waals surface area contributed by atoms with Crippen LogP contribution in [0.15, 0.2) is 45.3 Å². The summed E-state index contributed by atoms with van der Waals surface area (Å²) in [5.74, 6) is -0.202. The lowest BCUT2D eigenvalue weighted by Crippen LogP contribution is -2.13. The van der Waals surface area contributed by atoms with Gasteiger partial charge in [-0.05, 0) is 58.7 Å². The number of amides is 1. The van der Waals surface area contributed by atoms with Gasteiger partial charge in [0.1, 0.15) is 0 Å². The van der Waals surface area contributed by atoms with E-state index in [4.69, 9.17) is 11.6 Å². The monoisotopic (exact) mass is 401 g/mol. The zero-order valence-electron chi connectivity index (χ0n) is 10.0. The van der Waals surface area contributed by atoms with Crippen molar-refractivity contribution in [1.82, 2.24) is 0 Å². The third kappa shape index (κ3) is 3.59. The number of aryl methyl sites for hydroxylation is 1. The minimum atomic E-state index is -0.202. The van der Waals surface area contributed by atoms with Crippen LogP contribution in [-0.4, -0.2) is 5.91 Å². The molecule has 2 rings (SSSR count). The molecule has 98 valence electrons. The van der Waals surface area contributed by atoms with E-state index in [9.17, 15) is 4.79 Å². The minimum absolute atomic E-state index is 0.202. The van der Waals surface area contributed by atoms with E-state index in [0.29, 0.717) is 16.3 Å². The molecule has 2 aromatic rings. The van der Waals surface area contributed by atoms with Crippen molar-refractivity contribution < 1.29 is 4.79 Å². The first-order chi connectivity index (χ1) is 8.97. The highest BCUT2D eigenvalue weighted by molar-refractivity contribution is 9.10. The van der Waals surface area contributed by atoms with Crippen molar-refractivity contribution in [3.63, 3.8) is 0 Å². The van der Waals surface area contributed by atoms with Gasteiger partial charge in [0.25, 0.3) is 5.91 Å². The predicted molar refractivity (Wildman–Crippen MR) is 86.0 cm³/mol. The number of carbonyl (C=O) groups is 1. The molecule has 2 aromatic carbocycles. The van der Waals surface area contributed by atoms with Crippen LogP contribution in [0.25, 0.3) is 0 Å². The number of carbonyl (C=O) groups excluding carboxylic acids is 1. The number of hydrogen-bond donors (Lipinski definition) is 1. The Hall–Kier alpha value is -0.840. The van der Waals surface area contributed by atoms with E-state index < -0.39 is 0 Å². The zero-order chi connectivity index (χ0) is 14.0. The summed E-state index contributed by atoms with van der Waals surface area (Å²) in [6.07, 6.45) is 0. The molecule has 0 fully saturated rings. The highest BCUT2D eigenvalue weighted by Gasteiger charge is 2.12. The molecule has 0 spiro atoms. The Balaban J connectivity index is 2.28.